The summed E-state index contributed by atoms with van der Waals surface area (Å²) in [5.41, 5.74) is 1.99. The van der Waals surface area contributed by atoms with Gasteiger partial charge in [-0.05, 0) is 57.4 Å². The quantitative estimate of drug-likeness (QED) is 0.524. The van der Waals surface area contributed by atoms with Gasteiger partial charge in [-0.15, -0.1) is 0 Å². The molecule has 0 aromatic heterocycles. The van der Waals surface area contributed by atoms with Gasteiger partial charge in [-0.25, -0.2) is 0 Å². The molecule has 1 aromatic carbocycles. The summed E-state index contributed by atoms with van der Waals surface area (Å²) in [5.74, 6) is -0.446. The maximum atomic E-state index is 13.4. The van der Waals surface area contributed by atoms with Crippen molar-refractivity contribution in [1.82, 2.24) is 20.9 Å². The first-order chi connectivity index (χ1) is 14.9. The molecule has 4 N–H and O–H groups in total. The number of nitrogens with one attached hydrogen (secondary N) is 4. The lowest BCUT2D eigenvalue weighted by Crippen LogP contribution is -2.57. The smallest absolute Gasteiger partial charge is 0.246 e. The van der Waals surface area contributed by atoms with Crippen LogP contribution in [-0.2, 0) is 20.9 Å². The van der Waals surface area contributed by atoms with E-state index in [2.05, 4.69) is 21.3 Å². The maximum absolute atomic E-state index is 13.4. The van der Waals surface area contributed by atoms with Crippen molar-refractivity contribution >= 4 is 23.4 Å². The van der Waals surface area contributed by atoms with Crippen LogP contribution >= 0.6 is 0 Å². The molecule has 2 heterocycles. The number of carbonyl (C=O) groups is 3. The summed E-state index contributed by atoms with van der Waals surface area (Å²) in [6.45, 7) is 2.18. The Hall–Kier alpha value is -2.61. The topological polar surface area (TPSA) is 103 Å². The zero-order chi connectivity index (χ0) is 22.4. The van der Waals surface area contributed by atoms with Crippen LogP contribution in [-0.4, -0.2) is 60.9 Å². The number of fused-ring (bicyclic) bond motifs is 1. The average molecular weight is 430 g/mol. The van der Waals surface area contributed by atoms with Gasteiger partial charge in [0.25, 0.3) is 0 Å². The highest BCUT2D eigenvalue weighted by molar-refractivity contribution is 5.93. The summed E-state index contributed by atoms with van der Waals surface area (Å²) < 4.78 is 0. The summed E-state index contributed by atoms with van der Waals surface area (Å²) >= 11 is 0. The van der Waals surface area contributed by atoms with Crippen molar-refractivity contribution < 1.29 is 14.4 Å². The molecule has 4 unspecified atom stereocenters. The van der Waals surface area contributed by atoms with E-state index < -0.39 is 12.1 Å². The molecule has 1 aromatic rings. The van der Waals surface area contributed by atoms with Crippen LogP contribution in [0.15, 0.2) is 24.3 Å². The Morgan fingerprint density at radius 2 is 1.90 bits per heavy atom. The fraction of sp³-hybridized carbons (Fsp3) is 0.609. The first-order valence-corrected chi connectivity index (χ1v) is 11.3. The minimum Gasteiger partial charge on any atom is -0.388 e. The second kappa shape index (κ2) is 10.6. The van der Waals surface area contributed by atoms with Crippen LogP contribution in [0.4, 0.5) is 5.69 Å². The van der Waals surface area contributed by atoms with E-state index in [1.807, 2.05) is 31.3 Å². The lowest BCUT2D eigenvalue weighted by Gasteiger charge is -2.35. The Morgan fingerprint density at radius 3 is 2.65 bits per heavy atom. The summed E-state index contributed by atoms with van der Waals surface area (Å²) in [5, 5.41) is 11.9. The first kappa shape index (κ1) is 23.1. The fourth-order valence-corrected chi connectivity index (χ4v) is 4.49. The summed E-state index contributed by atoms with van der Waals surface area (Å²) in [4.78, 5) is 40.6. The number of hydrogen-bond acceptors (Lipinski definition) is 5. The standard InChI is InChI=1S/C23H35N5O3/c1-15(24-2)21(29)27-19-10-5-4-9-18-11-12-20(28(18)23(19)31)22(30)26-14-16-7-6-8-17(13-16)25-3/h6-8,13,15,18-20,24-25H,4-5,9-12,14H2,1-3H3,(H,26,30)(H,27,29). The summed E-state index contributed by atoms with van der Waals surface area (Å²) in [6, 6.07) is 6.50. The minimum atomic E-state index is -0.577. The van der Waals surface area contributed by atoms with Gasteiger partial charge >= 0.3 is 0 Å². The van der Waals surface area contributed by atoms with Crippen LogP contribution in [0.5, 0.6) is 0 Å². The van der Waals surface area contributed by atoms with Crippen molar-refractivity contribution in [1.29, 1.82) is 0 Å². The SMILES string of the molecule is CNc1cccc(CNC(=O)C2CCC3CCCCC(NC(=O)C(C)NC)C(=O)N32)c1. The van der Waals surface area contributed by atoms with Gasteiger partial charge in [0.05, 0.1) is 6.04 Å². The Labute approximate surface area is 184 Å². The van der Waals surface area contributed by atoms with E-state index in [9.17, 15) is 14.4 Å². The van der Waals surface area contributed by atoms with E-state index in [1.54, 1.807) is 18.9 Å². The Bertz CT molecular complexity index is 799. The van der Waals surface area contributed by atoms with E-state index in [0.717, 1.165) is 36.9 Å². The molecule has 170 valence electrons. The number of rotatable bonds is 7. The number of hydrogen-bond donors (Lipinski definition) is 4. The highest BCUT2D eigenvalue weighted by Crippen LogP contribution is 2.31. The van der Waals surface area contributed by atoms with E-state index in [-0.39, 0.29) is 29.8 Å². The molecular formula is C23H35N5O3. The molecule has 2 aliphatic heterocycles. The zero-order valence-corrected chi connectivity index (χ0v) is 18.7. The third-order valence-electron chi connectivity index (χ3n) is 6.46. The van der Waals surface area contributed by atoms with E-state index in [0.29, 0.717) is 19.4 Å². The predicted molar refractivity (Wildman–Crippen MR) is 120 cm³/mol. The molecule has 31 heavy (non-hydrogen) atoms. The van der Waals surface area contributed by atoms with Crippen LogP contribution in [0.3, 0.4) is 0 Å². The van der Waals surface area contributed by atoms with E-state index >= 15 is 0 Å². The molecule has 8 nitrogen and oxygen atoms in total. The van der Waals surface area contributed by atoms with Crippen molar-refractivity contribution in [3.05, 3.63) is 29.8 Å². The van der Waals surface area contributed by atoms with Gasteiger partial charge in [-0.3, -0.25) is 14.4 Å². The third-order valence-corrected chi connectivity index (χ3v) is 6.46. The molecular weight excluding hydrogens is 394 g/mol. The van der Waals surface area contributed by atoms with Gasteiger partial charge in [0, 0.05) is 25.3 Å². The fourth-order valence-electron chi connectivity index (χ4n) is 4.49. The van der Waals surface area contributed by atoms with Crippen molar-refractivity contribution in [3.63, 3.8) is 0 Å². The number of likely N-dealkylation sites (N-methyl/N-ethyl adjacent to an activating group) is 1. The first-order valence-electron chi connectivity index (χ1n) is 11.3. The van der Waals surface area contributed by atoms with Gasteiger partial charge in [0.1, 0.15) is 12.1 Å². The van der Waals surface area contributed by atoms with Crippen LogP contribution in [0.1, 0.15) is 51.0 Å². The Morgan fingerprint density at radius 1 is 1.13 bits per heavy atom. The maximum Gasteiger partial charge on any atom is 0.246 e. The van der Waals surface area contributed by atoms with Crippen LogP contribution in [0, 0.1) is 0 Å². The number of nitrogens with zero attached hydrogens (tertiary/aromatic N) is 1. The monoisotopic (exact) mass is 429 g/mol. The Balaban J connectivity index is 1.68. The molecule has 0 spiro atoms. The second-order valence-electron chi connectivity index (χ2n) is 8.52. The van der Waals surface area contributed by atoms with Crippen LogP contribution in [0.25, 0.3) is 0 Å². The minimum absolute atomic E-state index is 0.0669. The lowest BCUT2D eigenvalue weighted by atomic mass is 9.98. The summed E-state index contributed by atoms with van der Waals surface area (Å²) in [6.07, 6.45) is 4.89. The van der Waals surface area contributed by atoms with Crippen molar-refractivity contribution in [2.45, 2.75) is 76.2 Å². The highest BCUT2D eigenvalue weighted by Gasteiger charge is 2.43. The van der Waals surface area contributed by atoms with Crippen molar-refractivity contribution in [3.8, 4) is 0 Å². The molecule has 0 saturated carbocycles. The predicted octanol–water partition coefficient (Wildman–Crippen LogP) is 1.37. The zero-order valence-electron chi connectivity index (χ0n) is 18.7. The molecule has 3 rings (SSSR count). The van der Waals surface area contributed by atoms with Gasteiger partial charge in [0.2, 0.25) is 17.7 Å². The number of benzene rings is 1. The van der Waals surface area contributed by atoms with Crippen LogP contribution < -0.4 is 21.3 Å². The van der Waals surface area contributed by atoms with E-state index in [1.165, 1.54) is 0 Å². The molecule has 4 atom stereocenters. The number of amides is 3. The van der Waals surface area contributed by atoms with Gasteiger partial charge in [0.15, 0.2) is 0 Å². The van der Waals surface area contributed by atoms with Crippen molar-refractivity contribution in [2.24, 2.45) is 0 Å². The van der Waals surface area contributed by atoms with Crippen LogP contribution in [0.2, 0.25) is 0 Å². The number of anilines is 1. The molecule has 2 saturated heterocycles. The average Bonchev–Trinajstić information content (AvgIpc) is 3.20. The molecule has 3 amide bonds. The largest absolute Gasteiger partial charge is 0.388 e. The molecule has 0 aliphatic carbocycles. The number of carbonyl (C=O) groups excluding carboxylic acids is 3. The highest BCUT2D eigenvalue weighted by atomic mass is 16.2. The van der Waals surface area contributed by atoms with Gasteiger partial charge < -0.3 is 26.2 Å². The molecule has 2 fully saturated rings. The molecule has 0 bridgehead atoms. The third kappa shape index (κ3) is 5.55. The van der Waals surface area contributed by atoms with Gasteiger partial charge in [-0.1, -0.05) is 25.0 Å². The van der Waals surface area contributed by atoms with Gasteiger partial charge in [-0.2, -0.15) is 0 Å². The molecule has 2 aliphatic rings. The summed E-state index contributed by atoms with van der Waals surface area (Å²) in [7, 11) is 3.57. The second-order valence-corrected chi connectivity index (χ2v) is 8.52. The van der Waals surface area contributed by atoms with E-state index in [4.69, 9.17) is 0 Å². The molecule has 8 heteroatoms. The lowest BCUT2D eigenvalue weighted by molar-refractivity contribution is -0.144. The Kier molecular flexibility index (Phi) is 7.90. The normalized spacial score (nSPS) is 24.5. The molecule has 0 radical (unpaired) electrons. The van der Waals surface area contributed by atoms with Crippen molar-refractivity contribution in [2.75, 3.05) is 19.4 Å².